The van der Waals surface area contributed by atoms with Crippen LogP contribution in [0.25, 0.3) is 0 Å². The molecule has 0 aliphatic carbocycles. The molecule has 4 rings (SSSR count). The van der Waals surface area contributed by atoms with Gasteiger partial charge in [-0.25, -0.2) is 17.2 Å². The number of hydrogen-bond acceptors (Lipinski definition) is 2. The van der Waals surface area contributed by atoms with Crippen LogP contribution in [0.2, 0.25) is 10.0 Å². The standard InChI is InChI=1S/C19H14Cl2F2N2O2S/c20-12-3-5-14(15(21)10-12)19-17-2-1-7-24(17)8-9-25(19)28(26,27)18-6-4-13(22)11-16(18)23/h1-7,10-11,19H,8-9H2/t19-/m1/s1. The van der Waals surface area contributed by atoms with Gasteiger partial charge in [-0.2, -0.15) is 4.31 Å². The van der Waals surface area contributed by atoms with Gasteiger partial charge >= 0.3 is 0 Å². The van der Waals surface area contributed by atoms with Gasteiger partial charge < -0.3 is 4.57 Å². The Morgan fingerprint density at radius 2 is 1.79 bits per heavy atom. The molecule has 28 heavy (non-hydrogen) atoms. The van der Waals surface area contributed by atoms with Gasteiger partial charge in [-0.3, -0.25) is 0 Å². The van der Waals surface area contributed by atoms with E-state index in [1.165, 1.54) is 10.4 Å². The Hall–Kier alpha value is -1.93. The predicted molar refractivity (Wildman–Crippen MR) is 103 cm³/mol. The van der Waals surface area contributed by atoms with Crippen LogP contribution in [0.4, 0.5) is 8.78 Å². The van der Waals surface area contributed by atoms with E-state index in [2.05, 4.69) is 0 Å². The van der Waals surface area contributed by atoms with Gasteiger partial charge in [0.1, 0.15) is 16.5 Å². The summed E-state index contributed by atoms with van der Waals surface area (Å²) in [6.45, 7) is 0.497. The normalized spacial score (nSPS) is 17.5. The first-order valence-electron chi connectivity index (χ1n) is 8.36. The first kappa shape index (κ1) is 19.4. The van der Waals surface area contributed by atoms with Gasteiger partial charge in [-0.15, -0.1) is 0 Å². The van der Waals surface area contributed by atoms with Gasteiger partial charge in [0.25, 0.3) is 0 Å². The Balaban J connectivity index is 1.89. The van der Waals surface area contributed by atoms with Crippen LogP contribution in [-0.2, 0) is 16.6 Å². The molecule has 0 bridgehead atoms. The van der Waals surface area contributed by atoms with Crippen molar-refractivity contribution in [3.63, 3.8) is 0 Å². The highest BCUT2D eigenvalue weighted by molar-refractivity contribution is 7.89. The van der Waals surface area contributed by atoms with Crippen molar-refractivity contribution in [2.75, 3.05) is 6.54 Å². The van der Waals surface area contributed by atoms with Gasteiger partial charge in [0.2, 0.25) is 10.0 Å². The lowest BCUT2D eigenvalue weighted by Crippen LogP contribution is -2.42. The van der Waals surface area contributed by atoms with Gasteiger partial charge in [-0.05, 0) is 42.0 Å². The summed E-state index contributed by atoms with van der Waals surface area (Å²) >= 11 is 12.4. The molecule has 0 unspecified atom stereocenters. The van der Waals surface area contributed by atoms with E-state index in [0.29, 0.717) is 33.9 Å². The molecule has 4 nitrogen and oxygen atoms in total. The molecule has 3 aromatic rings. The average molecular weight is 443 g/mol. The zero-order valence-electron chi connectivity index (χ0n) is 14.3. The second-order valence-corrected chi connectivity index (χ2v) is 9.09. The lowest BCUT2D eigenvalue weighted by molar-refractivity contribution is 0.297. The molecule has 0 saturated carbocycles. The lowest BCUT2D eigenvalue weighted by Gasteiger charge is -2.36. The van der Waals surface area contributed by atoms with Crippen molar-refractivity contribution in [1.82, 2.24) is 8.87 Å². The fourth-order valence-electron chi connectivity index (χ4n) is 3.47. The summed E-state index contributed by atoms with van der Waals surface area (Å²) in [7, 11) is -4.27. The summed E-state index contributed by atoms with van der Waals surface area (Å²) in [5, 5.41) is 0.714. The summed E-state index contributed by atoms with van der Waals surface area (Å²) in [5.74, 6) is -1.98. The molecular formula is C19H14Cl2F2N2O2S. The van der Waals surface area contributed by atoms with E-state index in [0.717, 1.165) is 12.1 Å². The van der Waals surface area contributed by atoms with E-state index >= 15 is 0 Å². The molecule has 0 amide bonds. The Morgan fingerprint density at radius 1 is 1.00 bits per heavy atom. The number of rotatable bonds is 3. The first-order chi connectivity index (χ1) is 13.3. The number of hydrogen-bond donors (Lipinski definition) is 0. The van der Waals surface area contributed by atoms with E-state index in [1.807, 2.05) is 10.8 Å². The molecule has 0 fully saturated rings. The smallest absolute Gasteiger partial charge is 0.246 e. The Morgan fingerprint density at radius 3 is 2.50 bits per heavy atom. The van der Waals surface area contributed by atoms with Crippen LogP contribution in [-0.4, -0.2) is 23.8 Å². The number of aromatic nitrogens is 1. The molecule has 0 N–H and O–H groups in total. The molecular weight excluding hydrogens is 429 g/mol. The minimum Gasteiger partial charge on any atom is -0.348 e. The van der Waals surface area contributed by atoms with E-state index in [1.54, 1.807) is 24.3 Å². The van der Waals surface area contributed by atoms with Crippen molar-refractivity contribution in [1.29, 1.82) is 0 Å². The van der Waals surface area contributed by atoms with Gasteiger partial charge in [0, 0.05) is 41.1 Å². The lowest BCUT2D eigenvalue weighted by atomic mass is 10.0. The van der Waals surface area contributed by atoms with Crippen molar-refractivity contribution in [3.05, 3.63) is 87.7 Å². The molecule has 1 atom stereocenters. The average Bonchev–Trinajstić information content (AvgIpc) is 3.09. The Kier molecular flexibility index (Phi) is 4.95. The fraction of sp³-hybridized carbons (Fsp3) is 0.158. The quantitative estimate of drug-likeness (QED) is 0.580. The Labute approximate surface area is 171 Å². The predicted octanol–water partition coefficient (Wildman–Crippen LogP) is 4.87. The van der Waals surface area contributed by atoms with E-state index in [9.17, 15) is 17.2 Å². The monoisotopic (exact) mass is 442 g/mol. The molecule has 0 spiro atoms. The Bertz CT molecular complexity index is 1160. The molecule has 2 heterocycles. The fourth-order valence-corrected chi connectivity index (χ4v) is 5.60. The van der Waals surface area contributed by atoms with Crippen molar-refractivity contribution in [3.8, 4) is 0 Å². The zero-order valence-corrected chi connectivity index (χ0v) is 16.6. The largest absolute Gasteiger partial charge is 0.348 e. The topological polar surface area (TPSA) is 42.3 Å². The van der Waals surface area contributed by atoms with Crippen LogP contribution in [0.15, 0.2) is 59.6 Å². The van der Waals surface area contributed by atoms with E-state index in [-0.39, 0.29) is 6.54 Å². The van der Waals surface area contributed by atoms with Crippen LogP contribution in [0.1, 0.15) is 17.3 Å². The number of fused-ring (bicyclic) bond motifs is 1. The number of sulfonamides is 1. The number of halogens is 4. The molecule has 1 aromatic heterocycles. The van der Waals surface area contributed by atoms with Crippen molar-refractivity contribution >= 4 is 33.2 Å². The second-order valence-electron chi connectivity index (χ2n) is 6.39. The maximum absolute atomic E-state index is 14.3. The molecule has 1 aliphatic heterocycles. The third-order valence-corrected chi connectivity index (χ3v) is 7.19. The van der Waals surface area contributed by atoms with Crippen LogP contribution < -0.4 is 0 Å². The van der Waals surface area contributed by atoms with Crippen LogP contribution in [0, 0.1) is 11.6 Å². The second kappa shape index (κ2) is 7.15. The van der Waals surface area contributed by atoms with E-state index < -0.39 is 32.6 Å². The molecule has 0 saturated heterocycles. The first-order valence-corrected chi connectivity index (χ1v) is 10.6. The van der Waals surface area contributed by atoms with Crippen LogP contribution >= 0.6 is 23.2 Å². The molecule has 146 valence electrons. The molecule has 9 heteroatoms. The van der Waals surface area contributed by atoms with Crippen molar-refractivity contribution < 1.29 is 17.2 Å². The summed E-state index contributed by atoms with van der Waals surface area (Å²) < 4.78 is 57.3. The summed E-state index contributed by atoms with van der Waals surface area (Å²) in [6.07, 6.45) is 1.84. The van der Waals surface area contributed by atoms with Crippen LogP contribution in [0.3, 0.4) is 0 Å². The summed E-state index contributed by atoms with van der Waals surface area (Å²) in [4.78, 5) is -0.580. The minimum atomic E-state index is -4.27. The zero-order chi connectivity index (χ0) is 20.1. The maximum atomic E-state index is 14.3. The third kappa shape index (κ3) is 3.22. The van der Waals surface area contributed by atoms with Gasteiger partial charge in [-0.1, -0.05) is 29.3 Å². The number of benzene rings is 2. The number of nitrogens with zero attached hydrogens (tertiary/aromatic N) is 2. The van der Waals surface area contributed by atoms with Crippen molar-refractivity contribution in [2.24, 2.45) is 0 Å². The van der Waals surface area contributed by atoms with Crippen molar-refractivity contribution in [2.45, 2.75) is 17.5 Å². The SMILES string of the molecule is O=S(=O)(c1ccc(F)cc1F)N1CCn2cccc2[C@H]1c1ccc(Cl)cc1Cl. The molecule has 2 aromatic carbocycles. The van der Waals surface area contributed by atoms with Crippen LogP contribution in [0.5, 0.6) is 0 Å². The molecule has 0 radical (unpaired) electrons. The highest BCUT2D eigenvalue weighted by Crippen LogP contribution is 2.40. The van der Waals surface area contributed by atoms with Gasteiger partial charge in [0.05, 0.1) is 6.04 Å². The molecule has 1 aliphatic rings. The van der Waals surface area contributed by atoms with E-state index in [4.69, 9.17) is 23.2 Å². The highest BCUT2D eigenvalue weighted by atomic mass is 35.5. The minimum absolute atomic E-state index is 0.102. The highest BCUT2D eigenvalue weighted by Gasteiger charge is 2.39. The summed E-state index contributed by atoms with van der Waals surface area (Å²) in [6, 6.07) is 10.0. The maximum Gasteiger partial charge on any atom is 0.246 e. The third-order valence-electron chi connectivity index (χ3n) is 4.73. The summed E-state index contributed by atoms with van der Waals surface area (Å²) in [5.41, 5.74) is 1.22. The van der Waals surface area contributed by atoms with Gasteiger partial charge in [0.15, 0.2) is 0 Å².